The number of anilines is 1. The molecule has 10 heteroatoms. The maximum Gasteiger partial charge on any atom is 0.416 e. The van der Waals surface area contributed by atoms with E-state index in [1.165, 1.54) is 17.0 Å². The number of benzene rings is 3. The Morgan fingerprint density at radius 3 is 2.32 bits per heavy atom. The number of carbonyl (C=O) groups excluding carboxylic acids is 2. The van der Waals surface area contributed by atoms with Crippen molar-refractivity contribution in [2.24, 2.45) is 0 Å². The number of H-pyrrole nitrogens is 1. The molecule has 0 spiro atoms. The van der Waals surface area contributed by atoms with Crippen molar-refractivity contribution < 1.29 is 27.5 Å². The number of carbonyl (C=O) groups is 2. The van der Waals surface area contributed by atoms with Gasteiger partial charge in [0, 0.05) is 56.1 Å². The van der Waals surface area contributed by atoms with E-state index in [4.69, 9.17) is 4.74 Å². The second kappa shape index (κ2) is 13.8. The predicted octanol–water partition coefficient (Wildman–Crippen LogP) is 6.33. The molecule has 0 unspecified atom stereocenters. The fraction of sp³-hybridized carbons (Fsp3) is 0.290. The molecule has 0 saturated heterocycles. The van der Waals surface area contributed by atoms with E-state index in [0.29, 0.717) is 32.5 Å². The molecular weight excluding hydrogens is 533 g/mol. The lowest BCUT2D eigenvalue weighted by molar-refractivity contribution is -0.137. The van der Waals surface area contributed by atoms with Crippen molar-refractivity contribution in [1.29, 1.82) is 0 Å². The summed E-state index contributed by atoms with van der Waals surface area (Å²) >= 11 is 0. The minimum absolute atomic E-state index is 0.198. The molecule has 3 aromatic carbocycles. The molecular formula is C31H33F3N4O3. The van der Waals surface area contributed by atoms with Crippen LogP contribution in [0.1, 0.15) is 23.1 Å². The van der Waals surface area contributed by atoms with Gasteiger partial charge in [-0.15, -0.1) is 0 Å². The molecule has 0 saturated carbocycles. The SMILES string of the molecule is COCCCN(CC(=O)N(CCc1c[nH]c2ccccc12)Cc1ccccc1)C(=O)Nc1ccc(C(F)(F)F)cc1. The number of alkyl halides is 3. The molecule has 0 aliphatic heterocycles. The summed E-state index contributed by atoms with van der Waals surface area (Å²) in [5, 5.41) is 3.71. The first kappa shape index (κ1) is 29.7. The van der Waals surface area contributed by atoms with Crippen molar-refractivity contribution in [2.75, 3.05) is 38.7 Å². The smallest absolute Gasteiger partial charge is 0.385 e. The number of halogens is 3. The highest BCUT2D eigenvalue weighted by Crippen LogP contribution is 2.30. The zero-order chi connectivity index (χ0) is 29.2. The number of aromatic nitrogens is 1. The number of amides is 3. The van der Waals surface area contributed by atoms with Gasteiger partial charge < -0.3 is 24.8 Å². The number of nitrogens with zero attached hydrogens (tertiary/aromatic N) is 2. The average Bonchev–Trinajstić information content (AvgIpc) is 3.38. The van der Waals surface area contributed by atoms with Gasteiger partial charge in [0.15, 0.2) is 0 Å². The molecule has 1 aromatic heterocycles. The van der Waals surface area contributed by atoms with Gasteiger partial charge in [-0.3, -0.25) is 4.79 Å². The van der Waals surface area contributed by atoms with Crippen molar-refractivity contribution in [1.82, 2.24) is 14.8 Å². The molecule has 7 nitrogen and oxygen atoms in total. The fourth-order valence-electron chi connectivity index (χ4n) is 4.55. The summed E-state index contributed by atoms with van der Waals surface area (Å²) < 4.78 is 43.9. The van der Waals surface area contributed by atoms with E-state index in [0.717, 1.165) is 34.2 Å². The van der Waals surface area contributed by atoms with Crippen molar-refractivity contribution in [3.05, 3.63) is 102 Å². The minimum Gasteiger partial charge on any atom is -0.385 e. The lowest BCUT2D eigenvalue weighted by Crippen LogP contribution is -2.45. The van der Waals surface area contributed by atoms with Crippen LogP contribution in [-0.4, -0.2) is 60.1 Å². The predicted molar refractivity (Wildman–Crippen MR) is 152 cm³/mol. The van der Waals surface area contributed by atoms with Crippen LogP contribution in [0.3, 0.4) is 0 Å². The van der Waals surface area contributed by atoms with Crippen molar-refractivity contribution in [2.45, 2.75) is 25.6 Å². The highest BCUT2D eigenvalue weighted by atomic mass is 19.4. The number of fused-ring (bicyclic) bond motifs is 1. The minimum atomic E-state index is -4.48. The van der Waals surface area contributed by atoms with E-state index < -0.39 is 17.8 Å². The summed E-state index contributed by atoms with van der Waals surface area (Å²) in [5.41, 5.74) is 2.46. The largest absolute Gasteiger partial charge is 0.416 e. The van der Waals surface area contributed by atoms with Gasteiger partial charge in [-0.25, -0.2) is 4.79 Å². The zero-order valence-corrected chi connectivity index (χ0v) is 22.8. The van der Waals surface area contributed by atoms with Gasteiger partial charge in [0.25, 0.3) is 0 Å². The second-order valence-corrected chi connectivity index (χ2v) is 9.68. The van der Waals surface area contributed by atoms with E-state index in [1.807, 2.05) is 60.8 Å². The van der Waals surface area contributed by atoms with Crippen LogP contribution in [0.4, 0.5) is 23.7 Å². The fourth-order valence-corrected chi connectivity index (χ4v) is 4.55. The Hall–Kier alpha value is -4.31. The molecule has 4 aromatic rings. The normalized spacial score (nSPS) is 11.4. The van der Waals surface area contributed by atoms with Crippen LogP contribution in [-0.2, 0) is 28.7 Å². The molecule has 3 amide bonds. The van der Waals surface area contributed by atoms with Crippen LogP contribution in [0.2, 0.25) is 0 Å². The van der Waals surface area contributed by atoms with E-state index in [1.54, 1.807) is 12.0 Å². The topological polar surface area (TPSA) is 77.7 Å². The van der Waals surface area contributed by atoms with Gasteiger partial charge in [0.1, 0.15) is 6.54 Å². The Morgan fingerprint density at radius 2 is 1.61 bits per heavy atom. The molecule has 1 heterocycles. The van der Waals surface area contributed by atoms with Crippen LogP contribution in [0.5, 0.6) is 0 Å². The van der Waals surface area contributed by atoms with Gasteiger partial charge in [-0.1, -0.05) is 48.5 Å². The highest BCUT2D eigenvalue weighted by molar-refractivity contribution is 5.92. The summed E-state index contributed by atoms with van der Waals surface area (Å²) in [6.45, 7) is 1.22. The van der Waals surface area contributed by atoms with Crippen LogP contribution in [0.25, 0.3) is 10.9 Å². The van der Waals surface area contributed by atoms with Gasteiger partial charge in [0.05, 0.1) is 5.56 Å². The standard InChI is InChI=1S/C31H33F3N4O3/c1-41-19-7-17-38(30(40)36-26-14-12-25(13-15-26)31(32,33)34)22-29(39)37(21-23-8-3-2-4-9-23)18-16-24-20-35-28-11-6-5-10-27(24)28/h2-6,8-15,20,35H,7,16-19,21-22H2,1H3,(H,36,40). The van der Waals surface area contributed by atoms with Crippen molar-refractivity contribution >= 4 is 28.5 Å². The molecule has 41 heavy (non-hydrogen) atoms. The van der Waals surface area contributed by atoms with Gasteiger partial charge >= 0.3 is 12.2 Å². The number of urea groups is 1. The first-order chi connectivity index (χ1) is 19.7. The van der Waals surface area contributed by atoms with Gasteiger partial charge in [-0.2, -0.15) is 13.2 Å². The average molecular weight is 567 g/mol. The third kappa shape index (κ3) is 8.34. The summed E-state index contributed by atoms with van der Waals surface area (Å²) in [7, 11) is 1.55. The van der Waals surface area contributed by atoms with Gasteiger partial charge in [-0.05, 0) is 54.3 Å². The van der Waals surface area contributed by atoms with Crippen LogP contribution < -0.4 is 5.32 Å². The number of ether oxygens (including phenoxy) is 1. The Kier molecular flexibility index (Phi) is 10.0. The van der Waals surface area contributed by atoms with Crippen LogP contribution >= 0.6 is 0 Å². The molecule has 0 bridgehead atoms. The summed E-state index contributed by atoms with van der Waals surface area (Å²) in [6.07, 6.45) is -1.43. The highest BCUT2D eigenvalue weighted by Gasteiger charge is 2.30. The van der Waals surface area contributed by atoms with E-state index in [-0.39, 0.29) is 24.7 Å². The van der Waals surface area contributed by atoms with Crippen molar-refractivity contribution in [3.63, 3.8) is 0 Å². The van der Waals surface area contributed by atoms with Crippen LogP contribution in [0, 0.1) is 0 Å². The molecule has 0 atom stereocenters. The molecule has 0 aliphatic rings. The number of hydrogen-bond acceptors (Lipinski definition) is 3. The van der Waals surface area contributed by atoms with E-state index >= 15 is 0 Å². The summed E-state index contributed by atoms with van der Waals surface area (Å²) in [5.74, 6) is -0.242. The molecule has 2 N–H and O–H groups in total. The first-order valence-corrected chi connectivity index (χ1v) is 13.3. The molecule has 0 fully saturated rings. The molecule has 4 rings (SSSR count). The Labute approximate surface area is 236 Å². The molecule has 0 aliphatic carbocycles. The maximum absolute atomic E-state index is 13.7. The molecule has 0 radical (unpaired) electrons. The first-order valence-electron chi connectivity index (χ1n) is 13.3. The third-order valence-corrected chi connectivity index (χ3v) is 6.75. The monoisotopic (exact) mass is 566 g/mol. The lowest BCUT2D eigenvalue weighted by atomic mass is 10.1. The number of para-hydroxylation sites is 1. The Bertz CT molecular complexity index is 1420. The van der Waals surface area contributed by atoms with E-state index in [2.05, 4.69) is 10.3 Å². The quantitative estimate of drug-likeness (QED) is 0.197. The number of methoxy groups -OCH3 is 1. The third-order valence-electron chi connectivity index (χ3n) is 6.75. The lowest BCUT2D eigenvalue weighted by Gasteiger charge is -2.28. The number of hydrogen-bond donors (Lipinski definition) is 2. The maximum atomic E-state index is 13.7. The van der Waals surface area contributed by atoms with E-state index in [9.17, 15) is 22.8 Å². The number of rotatable bonds is 12. The van der Waals surface area contributed by atoms with Crippen molar-refractivity contribution in [3.8, 4) is 0 Å². The second-order valence-electron chi connectivity index (χ2n) is 9.68. The Morgan fingerprint density at radius 1 is 0.902 bits per heavy atom. The summed E-state index contributed by atoms with van der Waals surface area (Å²) in [4.78, 5) is 33.2. The summed E-state index contributed by atoms with van der Waals surface area (Å²) in [6, 6.07) is 21.2. The number of aromatic amines is 1. The van der Waals surface area contributed by atoms with Gasteiger partial charge in [0.2, 0.25) is 5.91 Å². The Balaban J connectivity index is 1.49. The molecule has 216 valence electrons. The van der Waals surface area contributed by atoms with Crippen LogP contribution in [0.15, 0.2) is 85.1 Å². The zero-order valence-electron chi connectivity index (χ0n) is 22.8. The number of nitrogens with one attached hydrogen (secondary N) is 2.